The summed E-state index contributed by atoms with van der Waals surface area (Å²) in [5.74, 6) is 0.729. The standard InChI is InChI=1S/C24H31N5O/c1-4-17(2)29-23(30)19-11-9-18(10-12-19)15-28-24(25-3)26-14-13-20-16-27-22-8-6-5-7-21(20)22/h5-12,16-17,27H,4,13-15H2,1-3H3,(H,29,30)(H2,25,26,28). The Morgan fingerprint density at radius 3 is 2.60 bits per heavy atom. The number of carbonyl (C=O) groups excluding carboxylic acids is 1. The van der Waals surface area contributed by atoms with Crippen LogP contribution < -0.4 is 16.0 Å². The number of fused-ring (bicyclic) bond motifs is 1. The average molecular weight is 406 g/mol. The van der Waals surface area contributed by atoms with Gasteiger partial charge in [0.2, 0.25) is 0 Å². The van der Waals surface area contributed by atoms with Gasteiger partial charge >= 0.3 is 0 Å². The minimum absolute atomic E-state index is 0.0291. The first-order valence-corrected chi connectivity index (χ1v) is 10.5. The van der Waals surface area contributed by atoms with Crippen LogP contribution in [0.5, 0.6) is 0 Å². The molecule has 0 fully saturated rings. The van der Waals surface area contributed by atoms with Gasteiger partial charge in [-0.1, -0.05) is 37.3 Å². The van der Waals surface area contributed by atoms with Crippen molar-refractivity contribution in [1.29, 1.82) is 0 Å². The summed E-state index contributed by atoms with van der Waals surface area (Å²) in [6, 6.07) is 16.2. The van der Waals surface area contributed by atoms with Gasteiger partial charge in [0, 0.05) is 48.8 Å². The van der Waals surface area contributed by atoms with Crippen LogP contribution in [0.4, 0.5) is 0 Å². The molecule has 6 heteroatoms. The van der Waals surface area contributed by atoms with Crippen LogP contribution in [0.2, 0.25) is 0 Å². The summed E-state index contributed by atoms with van der Waals surface area (Å²) < 4.78 is 0. The van der Waals surface area contributed by atoms with Crippen LogP contribution in [-0.2, 0) is 13.0 Å². The molecule has 0 aliphatic rings. The molecule has 2 aromatic carbocycles. The molecule has 6 nitrogen and oxygen atoms in total. The first kappa shape index (κ1) is 21.4. The van der Waals surface area contributed by atoms with E-state index < -0.39 is 0 Å². The quantitative estimate of drug-likeness (QED) is 0.341. The molecule has 4 N–H and O–H groups in total. The van der Waals surface area contributed by atoms with Gasteiger partial charge in [-0.2, -0.15) is 0 Å². The summed E-state index contributed by atoms with van der Waals surface area (Å²) in [6.07, 6.45) is 3.90. The minimum atomic E-state index is -0.0291. The second-order valence-electron chi connectivity index (χ2n) is 7.44. The fourth-order valence-corrected chi connectivity index (χ4v) is 3.24. The van der Waals surface area contributed by atoms with Gasteiger partial charge in [0.05, 0.1) is 0 Å². The number of aromatic amines is 1. The maximum atomic E-state index is 12.2. The van der Waals surface area contributed by atoms with Gasteiger partial charge in [0.1, 0.15) is 0 Å². The summed E-state index contributed by atoms with van der Waals surface area (Å²) in [5, 5.41) is 10.9. The summed E-state index contributed by atoms with van der Waals surface area (Å²) in [7, 11) is 1.77. The van der Waals surface area contributed by atoms with E-state index in [2.05, 4.69) is 57.2 Å². The number of carbonyl (C=O) groups is 1. The number of aromatic nitrogens is 1. The number of aliphatic imine (C=N–C) groups is 1. The Morgan fingerprint density at radius 2 is 1.87 bits per heavy atom. The van der Waals surface area contributed by atoms with Crippen LogP contribution in [0.15, 0.2) is 59.7 Å². The van der Waals surface area contributed by atoms with Gasteiger partial charge in [-0.05, 0) is 49.1 Å². The number of benzene rings is 2. The van der Waals surface area contributed by atoms with Crippen molar-refractivity contribution in [1.82, 2.24) is 20.9 Å². The number of amides is 1. The Hall–Kier alpha value is -3.28. The molecule has 158 valence electrons. The second-order valence-corrected chi connectivity index (χ2v) is 7.44. The van der Waals surface area contributed by atoms with Crippen LogP contribution in [0.1, 0.15) is 41.8 Å². The number of nitrogens with one attached hydrogen (secondary N) is 4. The molecule has 0 saturated carbocycles. The van der Waals surface area contributed by atoms with Gasteiger partial charge in [0.25, 0.3) is 5.91 Å². The van der Waals surface area contributed by atoms with Crippen molar-refractivity contribution in [2.24, 2.45) is 4.99 Å². The number of nitrogens with zero attached hydrogens (tertiary/aromatic N) is 1. The van der Waals surface area contributed by atoms with Gasteiger partial charge < -0.3 is 20.9 Å². The molecule has 0 bridgehead atoms. The molecule has 0 aliphatic carbocycles. The van der Waals surface area contributed by atoms with Crippen molar-refractivity contribution in [3.05, 3.63) is 71.4 Å². The zero-order chi connectivity index (χ0) is 21.3. The Labute approximate surface area is 178 Å². The normalized spacial score (nSPS) is 12.6. The van der Waals surface area contributed by atoms with E-state index in [1.165, 1.54) is 10.9 Å². The first-order chi connectivity index (χ1) is 14.6. The van der Waals surface area contributed by atoms with E-state index in [0.29, 0.717) is 12.1 Å². The number of hydrogen-bond donors (Lipinski definition) is 4. The Balaban J connectivity index is 1.46. The molecule has 0 spiro atoms. The molecular weight excluding hydrogens is 374 g/mol. The third-order valence-electron chi connectivity index (χ3n) is 5.25. The summed E-state index contributed by atoms with van der Waals surface area (Å²) >= 11 is 0. The van der Waals surface area contributed by atoms with Crippen molar-refractivity contribution in [2.45, 2.75) is 39.3 Å². The molecule has 0 aliphatic heterocycles. The minimum Gasteiger partial charge on any atom is -0.361 e. The highest BCUT2D eigenvalue weighted by atomic mass is 16.1. The molecule has 3 rings (SSSR count). The Bertz CT molecular complexity index is 990. The highest BCUT2D eigenvalue weighted by Gasteiger charge is 2.08. The summed E-state index contributed by atoms with van der Waals surface area (Å²) in [4.78, 5) is 19.8. The van der Waals surface area contributed by atoms with Crippen LogP contribution in [0.3, 0.4) is 0 Å². The highest BCUT2D eigenvalue weighted by Crippen LogP contribution is 2.17. The van der Waals surface area contributed by atoms with Crippen LogP contribution >= 0.6 is 0 Å². The maximum Gasteiger partial charge on any atom is 0.251 e. The summed E-state index contributed by atoms with van der Waals surface area (Å²) in [6.45, 7) is 5.49. The molecular formula is C24H31N5O. The molecule has 1 amide bonds. The number of hydrogen-bond acceptors (Lipinski definition) is 2. The molecule has 1 aromatic heterocycles. The molecule has 3 aromatic rings. The molecule has 0 radical (unpaired) electrons. The van der Waals surface area contributed by atoms with E-state index in [4.69, 9.17) is 0 Å². The van der Waals surface area contributed by atoms with Crippen molar-refractivity contribution in [3.8, 4) is 0 Å². The van der Waals surface area contributed by atoms with Crippen molar-refractivity contribution >= 4 is 22.8 Å². The van der Waals surface area contributed by atoms with Crippen molar-refractivity contribution < 1.29 is 4.79 Å². The van der Waals surface area contributed by atoms with Crippen molar-refractivity contribution in [2.75, 3.05) is 13.6 Å². The maximum absolute atomic E-state index is 12.2. The first-order valence-electron chi connectivity index (χ1n) is 10.5. The van der Waals surface area contributed by atoms with Crippen LogP contribution in [0, 0.1) is 0 Å². The lowest BCUT2D eigenvalue weighted by Gasteiger charge is -2.13. The zero-order valence-electron chi connectivity index (χ0n) is 18.0. The van der Waals surface area contributed by atoms with E-state index in [1.54, 1.807) is 7.05 Å². The zero-order valence-corrected chi connectivity index (χ0v) is 18.0. The average Bonchev–Trinajstić information content (AvgIpc) is 3.19. The van der Waals surface area contributed by atoms with E-state index in [1.807, 2.05) is 37.3 Å². The SMILES string of the molecule is CCC(C)NC(=O)c1ccc(CNC(=NC)NCCc2c[nH]c3ccccc23)cc1. The number of guanidine groups is 1. The predicted molar refractivity (Wildman–Crippen MR) is 124 cm³/mol. The van der Waals surface area contributed by atoms with E-state index in [-0.39, 0.29) is 11.9 Å². The largest absolute Gasteiger partial charge is 0.361 e. The third-order valence-corrected chi connectivity index (χ3v) is 5.25. The fraction of sp³-hybridized carbons (Fsp3) is 0.333. The van der Waals surface area contributed by atoms with E-state index in [0.717, 1.165) is 36.4 Å². The third kappa shape index (κ3) is 5.63. The second kappa shape index (κ2) is 10.5. The molecule has 30 heavy (non-hydrogen) atoms. The lowest BCUT2D eigenvalue weighted by molar-refractivity contribution is 0.0939. The van der Waals surface area contributed by atoms with E-state index >= 15 is 0 Å². The number of rotatable bonds is 8. The number of H-pyrrole nitrogens is 1. The van der Waals surface area contributed by atoms with Gasteiger partial charge in [0.15, 0.2) is 5.96 Å². The smallest absolute Gasteiger partial charge is 0.251 e. The van der Waals surface area contributed by atoms with E-state index in [9.17, 15) is 4.79 Å². The van der Waals surface area contributed by atoms with Crippen LogP contribution in [0.25, 0.3) is 10.9 Å². The number of para-hydroxylation sites is 1. The lowest BCUT2D eigenvalue weighted by atomic mass is 10.1. The Morgan fingerprint density at radius 1 is 1.10 bits per heavy atom. The highest BCUT2D eigenvalue weighted by molar-refractivity contribution is 5.94. The molecule has 1 heterocycles. The van der Waals surface area contributed by atoms with Gasteiger partial charge in [-0.25, -0.2) is 0 Å². The monoisotopic (exact) mass is 405 g/mol. The van der Waals surface area contributed by atoms with Crippen molar-refractivity contribution in [3.63, 3.8) is 0 Å². The molecule has 0 saturated heterocycles. The van der Waals surface area contributed by atoms with Crippen LogP contribution in [-0.4, -0.2) is 36.5 Å². The Kier molecular flexibility index (Phi) is 7.49. The van der Waals surface area contributed by atoms with Gasteiger partial charge in [-0.15, -0.1) is 0 Å². The molecule has 1 atom stereocenters. The topological polar surface area (TPSA) is 81.3 Å². The fourth-order valence-electron chi connectivity index (χ4n) is 3.24. The predicted octanol–water partition coefficient (Wildman–Crippen LogP) is 3.60. The lowest BCUT2D eigenvalue weighted by Crippen LogP contribution is -2.37. The summed E-state index contributed by atoms with van der Waals surface area (Å²) in [5.41, 5.74) is 4.23. The van der Waals surface area contributed by atoms with Gasteiger partial charge in [-0.3, -0.25) is 9.79 Å². The molecule has 1 unspecified atom stereocenters.